The van der Waals surface area contributed by atoms with E-state index in [1.54, 1.807) is 23.1 Å². The summed E-state index contributed by atoms with van der Waals surface area (Å²) in [6.45, 7) is 3.89. The first-order valence-electron chi connectivity index (χ1n) is 6.08. The van der Waals surface area contributed by atoms with E-state index in [0.29, 0.717) is 0 Å². The van der Waals surface area contributed by atoms with Crippen LogP contribution in [-0.2, 0) is 19.5 Å². The summed E-state index contributed by atoms with van der Waals surface area (Å²) in [5, 5.41) is 6.80. The second kappa shape index (κ2) is 6.92. The van der Waals surface area contributed by atoms with E-state index >= 15 is 0 Å². The summed E-state index contributed by atoms with van der Waals surface area (Å²) in [5.74, 6) is 0. The zero-order valence-electron chi connectivity index (χ0n) is 10.8. The Kier molecular flexibility index (Phi) is 5.23. The molecule has 1 heterocycles. The van der Waals surface area contributed by atoms with Gasteiger partial charge in [0, 0.05) is 23.4 Å². The zero-order chi connectivity index (χ0) is 12.8. The topological polar surface area (TPSA) is 24.9 Å². The third kappa shape index (κ3) is 3.83. The molecule has 18 heavy (non-hydrogen) atoms. The molecule has 0 aliphatic heterocycles. The lowest BCUT2D eigenvalue weighted by atomic mass is 10.2. The van der Waals surface area contributed by atoms with Crippen LogP contribution in [-0.4, -0.2) is 11.2 Å². The Morgan fingerprint density at radius 1 is 1.33 bits per heavy atom. The van der Waals surface area contributed by atoms with Gasteiger partial charge in [-0.2, -0.15) is 0 Å². The number of aryl methyl sites for hydroxylation is 1. The summed E-state index contributed by atoms with van der Waals surface area (Å²) >= 11 is 3.53. The molecule has 2 rings (SSSR count). The minimum atomic E-state index is 0.847. The largest absolute Gasteiger partial charge is 0.307 e. The van der Waals surface area contributed by atoms with Crippen LogP contribution in [0.15, 0.2) is 34.5 Å². The van der Waals surface area contributed by atoms with Crippen LogP contribution in [0.2, 0.25) is 0 Å². The van der Waals surface area contributed by atoms with Crippen molar-refractivity contribution in [3.8, 4) is 0 Å². The van der Waals surface area contributed by atoms with Crippen LogP contribution in [0.25, 0.3) is 0 Å². The van der Waals surface area contributed by atoms with Crippen LogP contribution >= 0.6 is 23.1 Å². The summed E-state index contributed by atoms with van der Waals surface area (Å²) < 4.78 is 0. The molecule has 2 aromatic rings. The maximum Gasteiger partial charge on any atom is 0.0926 e. The molecule has 0 aliphatic rings. The Hall–Kier alpha value is -0.840. The first-order chi connectivity index (χ1) is 8.81. The molecule has 1 N–H and O–H groups in total. The number of thioether (sulfide) groups is 1. The van der Waals surface area contributed by atoms with Gasteiger partial charge in [0.25, 0.3) is 0 Å². The van der Waals surface area contributed by atoms with Gasteiger partial charge in [-0.05, 0) is 30.4 Å². The molecule has 96 valence electrons. The summed E-state index contributed by atoms with van der Waals surface area (Å²) in [6, 6.07) is 8.64. The monoisotopic (exact) mass is 278 g/mol. The number of thiazole rings is 1. The molecular weight excluding hydrogens is 260 g/mol. The lowest BCUT2D eigenvalue weighted by molar-refractivity contribution is 0.680. The van der Waals surface area contributed by atoms with Crippen LogP contribution in [0.4, 0.5) is 0 Å². The maximum atomic E-state index is 4.55. The Bertz CT molecular complexity index is 494. The normalized spacial score (nSPS) is 10.8. The van der Waals surface area contributed by atoms with Crippen molar-refractivity contribution in [3.63, 3.8) is 0 Å². The number of hydrogen-bond donors (Lipinski definition) is 1. The van der Waals surface area contributed by atoms with Crippen molar-refractivity contribution >= 4 is 23.1 Å². The fraction of sp³-hybridized carbons (Fsp3) is 0.357. The molecule has 0 unspecified atom stereocenters. The highest BCUT2D eigenvalue weighted by atomic mass is 32.2. The number of nitrogens with zero attached hydrogens (tertiary/aromatic N) is 1. The van der Waals surface area contributed by atoms with E-state index in [1.807, 2.05) is 0 Å². The molecule has 4 heteroatoms. The molecule has 0 amide bonds. The van der Waals surface area contributed by atoms with Crippen LogP contribution in [0.3, 0.4) is 0 Å². The van der Waals surface area contributed by atoms with E-state index in [2.05, 4.69) is 53.1 Å². The Morgan fingerprint density at radius 2 is 2.22 bits per heavy atom. The van der Waals surface area contributed by atoms with Gasteiger partial charge in [-0.25, -0.2) is 4.98 Å². The zero-order valence-corrected chi connectivity index (χ0v) is 12.4. The predicted octanol–water partition coefficient (Wildman–Crippen LogP) is 3.72. The number of nitrogens with one attached hydrogen (secondary N) is 1. The SMILES string of the molecule is CCc1nc(CNCc2cccc(SC)c2)cs1. The number of aromatic nitrogens is 1. The minimum absolute atomic E-state index is 0.847. The molecule has 0 atom stereocenters. The van der Waals surface area contributed by atoms with Gasteiger partial charge in [-0.3, -0.25) is 0 Å². The lowest BCUT2D eigenvalue weighted by Gasteiger charge is -2.04. The van der Waals surface area contributed by atoms with Crippen LogP contribution in [0, 0.1) is 0 Å². The molecule has 0 bridgehead atoms. The molecule has 2 nitrogen and oxygen atoms in total. The van der Waals surface area contributed by atoms with E-state index in [1.165, 1.54) is 15.5 Å². The second-order valence-electron chi connectivity index (χ2n) is 4.04. The smallest absolute Gasteiger partial charge is 0.0926 e. The Balaban J connectivity index is 1.84. The Morgan fingerprint density at radius 3 is 2.94 bits per heavy atom. The van der Waals surface area contributed by atoms with Crippen molar-refractivity contribution in [2.45, 2.75) is 31.3 Å². The average Bonchev–Trinajstić information content (AvgIpc) is 2.87. The number of hydrogen-bond acceptors (Lipinski definition) is 4. The first-order valence-corrected chi connectivity index (χ1v) is 8.19. The molecular formula is C14H18N2S2. The molecule has 0 fully saturated rings. The van der Waals surface area contributed by atoms with Gasteiger partial charge >= 0.3 is 0 Å². The third-order valence-electron chi connectivity index (χ3n) is 2.67. The number of benzene rings is 1. The lowest BCUT2D eigenvalue weighted by Crippen LogP contribution is -2.12. The van der Waals surface area contributed by atoms with Crippen molar-refractivity contribution in [1.29, 1.82) is 0 Å². The standard InChI is InChI=1S/C14H18N2S2/c1-3-14-16-12(10-18-14)9-15-8-11-5-4-6-13(7-11)17-2/h4-7,10,15H,3,8-9H2,1-2H3. The Labute approximate surface area is 117 Å². The second-order valence-corrected chi connectivity index (χ2v) is 5.86. The summed E-state index contributed by atoms with van der Waals surface area (Å²) in [7, 11) is 0. The van der Waals surface area contributed by atoms with Crippen molar-refractivity contribution in [2.24, 2.45) is 0 Å². The van der Waals surface area contributed by atoms with Crippen molar-refractivity contribution in [1.82, 2.24) is 10.3 Å². The fourth-order valence-corrected chi connectivity index (χ4v) is 2.94. The molecule has 0 spiro atoms. The molecule has 0 aliphatic carbocycles. The van der Waals surface area contributed by atoms with Crippen LogP contribution in [0.1, 0.15) is 23.2 Å². The molecule has 0 radical (unpaired) electrons. The summed E-state index contributed by atoms with van der Waals surface area (Å²) in [4.78, 5) is 5.86. The summed E-state index contributed by atoms with van der Waals surface area (Å²) in [5.41, 5.74) is 2.48. The van der Waals surface area contributed by atoms with Crippen LogP contribution in [0.5, 0.6) is 0 Å². The maximum absolute atomic E-state index is 4.55. The quantitative estimate of drug-likeness (QED) is 0.815. The highest BCUT2D eigenvalue weighted by molar-refractivity contribution is 7.98. The molecule has 0 saturated heterocycles. The van der Waals surface area contributed by atoms with E-state index in [4.69, 9.17) is 0 Å². The summed E-state index contributed by atoms with van der Waals surface area (Å²) in [6.07, 6.45) is 3.13. The van der Waals surface area contributed by atoms with Crippen LogP contribution < -0.4 is 5.32 Å². The van der Waals surface area contributed by atoms with E-state index in [0.717, 1.165) is 25.2 Å². The molecule has 1 aromatic heterocycles. The van der Waals surface area contributed by atoms with Crippen molar-refractivity contribution < 1.29 is 0 Å². The van der Waals surface area contributed by atoms with Gasteiger partial charge in [0.2, 0.25) is 0 Å². The van der Waals surface area contributed by atoms with Gasteiger partial charge in [-0.1, -0.05) is 19.1 Å². The van der Waals surface area contributed by atoms with Crippen molar-refractivity contribution in [3.05, 3.63) is 45.9 Å². The minimum Gasteiger partial charge on any atom is -0.307 e. The van der Waals surface area contributed by atoms with Gasteiger partial charge in [0.15, 0.2) is 0 Å². The first kappa shape index (κ1) is 13.6. The molecule has 0 saturated carbocycles. The highest BCUT2D eigenvalue weighted by Crippen LogP contribution is 2.16. The van der Waals surface area contributed by atoms with E-state index < -0.39 is 0 Å². The van der Waals surface area contributed by atoms with E-state index in [9.17, 15) is 0 Å². The molecule has 1 aromatic carbocycles. The highest BCUT2D eigenvalue weighted by Gasteiger charge is 2.00. The van der Waals surface area contributed by atoms with Gasteiger partial charge in [0.05, 0.1) is 10.7 Å². The van der Waals surface area contributed by atoms with Gasteiger partial charge in [-0.15, -0.1) is 23.1 Å². The van der Waals surface area contributed by atoms with E-state index in [-0.39, 0.29) is 0 Å². The number of rotatable bonds is 6. The third-order valence-corrected chi connectivity index (χ3v) is 4.44. The van der Waals surface area contributed by atoms with Gasteiger partial charge < -0.3 is 5.32 Å². The fourth-order valence-electron chi connectivity index (χ4n) is 1.71. The average molecular weight is 278 g/mol. The van der Waals surface area contributed by atoms with Gasteiger partial charge in [0.1, 0.15) is 0 Å². The van der Waals surface area contributed by atoms with Crippen molar-refractivity contribution in [2.75, 3.05) is 6.26 Å². The predicted molar refractivity (Wildman–Crippen MR) is 80.3 cm³/mol.